The van der Waals surface area contributed by atoms with Crippen molar-refractivity contribution in [3.05, 3.63) is 47.2 Å². The summed E-state index contributed by atoms with van der Waals surface area (Å²) >= 11 is 5.96. The average molecular weight is 374 g/mol. The Bertz CT molecular complexity index is 900. The van der Waals surface area contributed by atoms with Crippen molar-refractivity contribution in [2.75, 3.05) is 16.8 Å². The lowest BCUT2D eigenvalue weighted by Crippen LogP contribution is -2.49. The summed E-state index contributed by atoms with van der Waals surface area (Å²) in [5.74, 6) is -0.522. The zero-order chi connectivity index (χ0) is 18.8. The highest BCUT2D eigenvalue weighted by atomic mass is 35.5. The number of amides is 2. The number of ketones is 1. The SMILES string of the molecule is CC(=O)c1ccc2c(c1)N(C(C)C(=O)Nc1cccnc1Cl)C(=O)CO2. The van der Waals surface area contributed by atoms with Crippen LogP contribution in [0.3, 0.4) is 0 Å². The third-order valence-corrected chi connectivity index (χ3v) is 4.33. The first kappa shape index (κ1) is 17.9. The minimum absolute atomic E-state index is 0.148. The Kier molecular flexibility index (Phi) is 4.90. The van der Waals surface area contributed by atoms with Gasteiger partial charge in [-0.15, -0.1) is 0 Å². The lowest BCUT2D eigenvalue weighted by Gasteiger charge is -2.33. The number of fused-ring (bicyclic) bond motifs is 1. The summed E-state index contributed by atoms with van der Waals surface area (Å²) in [6.07, 6.45) is 1.51. The molecule has 2 aromatic rings. The van der Waals surface area contributed by atoms with Crippen LogP contribution in [0.2, 0.25) is 5.15 Å². The van der Waals surface area contributed by atoms with E-state index in [1.165, 1.54) is 18.0 Å². The maximum atomic E-state index is 12.6. The van der Waals surface area contributed by atoms with E-state index in [-0.39, 0.29) is 23.5 Å². The van der Waals surface area contributed by atoms with Gasteiger partial charge in [-0.25, -0.2) is 4.98 Å². The van der Waals surface area contributed by atoms with Crippen molar-refractivity contribution < 1.29 is 19.1 Å². The van der Waals surface area contributed by atoms with E-state index in [9.17, 15) is 14.4 Å². The van der Waals surface area contributed by atoms with Gasteiger partial charge in [0.05, 0.1) is 11.4 Å². The molecule has 0 fully saturated rings. The molecule has 0 spiro atoms. The van der Waals surface area contributed by atoms with Gasteiger partial charge in [-0.3, -0.25) is 19.3 Å². The molecule has 26 heavy (non-hydrogen) atoms. The Balaban J connectivity index is 1.91. The molecule has 134 valence electrons. The van der Waals surface area contributed by atoms with Crippen LogP contribution in [0.15, 0.2) is 36.5 Å². The first-order valence-electron chi connectivity index (χ1n) is 7.89. The molecule has 1 aromatic carbocycles. The number of Topliss-reactive ketones (excluding diaryl/α,β-unsaturated/α-hetero) is 1. The third-order valence-electron chi connectivity index (χ3n) is 4.03. The summed E-state index contributed by atoms with van der Waals surface area (Å²) in [5, 5.41) is 2.81. The maximum absolute atomic E-state index is 12.6. The minimum atomic E-state index is -0.844. The topological polar surface area (TPSA) is 88.6 Å². The van der Waals surface area contributed by atoms with Gasteiger partial charge >= 0.3 is 0 Å². The van der Waals surface area contributed by atoms with Crippen molar-refractivity contribution in [3.8, 4) is 5.75 Å². The number of halogens is 1. The Hall–Kier alpha value is -2.93. The molecule has 0 radical (unpaired) electrons. The molecule has 8 heteroatoms. The predicted molar refractivity (Wildman–Crippen MR) is 96.8 cm³/mol. The van der Waals surface area contributed by atoms with E-state index in [0.717, 1.165) is 0 Å². The van der Waals surface area contributed by atoms with E-state index in [0.29, 0.717) is 22.7 Å². The zero-order valence-corrected chi connectivity index (χ0v) is 14.9. The number of pyridine rings is 1. The van der Waals surface area contributed by atoms with Gasteiger partial charge in [0.2, 0.25) is 5.91 Å². The molecule has 0 saturated carbocycles. The summed E-state index contributed by atoms with van der Waals surface area (Å²) in [7, 11) is 0. The Morgan fingerprint density at radius 3 is 2.81 bits per heavy atom. The lowest BCUT2D eigenvalue weighted by atomic mass is 10.1. The van der Waals surface area contributed by atoms with Gasteiger partial charge in [-0.2, -0.15) is 0 Å². The normalized spacial score (nSPS) is 14.3. The Morgan fingerprint density at radius 1 is 1.35 bits per heavy atom. The molecule has 1 atom stereocenters. The number of hydrogen-bond acceptors (Lipinski definition) is 5. The fraction of sp³-hybridized carbons (Fsp3) is 0.222. The van der Waals surface area contributed by atoms with Crippen LogP contribution in [0, 0.1) is 0 Å². The lowest BCUT2D eigenvalue weighted by molar-refractivity contribution is -0.125. The van der Waals surface area contributed by atoms with Crippen LogP contribution in [-0.4, -0.2) is 35.2 Å². The second-order valence-corrected chi connectivity index (χ2v) is 6.16. The summed E-state index contributed by atoms with van der Waals surface area (Å²) < 4.78 is 5.40. The molecule has 2 heterocycles. The Morgan fingerprint density at radius 2 is 2.12 bits per heavy atom. The molecule has 7 nitrogen and oxygen atoms in total. The number of aromatic nitrogens is 1. The number of ether oxygens (including phenoxy) is 1. The number of anilines is 2. The third kappa shape index (κ3) is 3.39. The van der Waals surface area contributed by atoms with Crippen LogP contribution >= 0.6 is 11.6 Å². The second-order valence-electron chi connectivity index (χ2n) is 5.80. The fourth-order valence-electron chi connectivity index (χ4n) is 2.65. The quantitative estimate of drug-likeness (QED) is 0.657. The fourth-order valence-corrected chi connectivity index (χ4v) is 2.81. The number of benzene rings is 1. The summed E-state index contributed by atoms with van der Waals surface area (Å²) in [6, 6.07) is 7.20. The van der Waals surface area contributed by atoms with Crippen LogP contribution in [0.1, 0.15) is 24.2 Å². The molecule has 2 amide bonds. The summed E-state index contributed by atoms with van der Waals surface area (Å²) in [5.41, 5.74) is 1.16. The van der Waals surface area contributed by atoms with E-state index < -0.39 is 11.9 Å². The zero-order valence-electron chi connectivity index (χ0n) is 14.2. The van der Waals surface area contributed by atoms with Gasteiger partial charge in [0.25, 0.3) is 5.91 Å². The number of rotatable bonds is 4. The van der Waals surface area contributed by atoms with Gasteiger partial charge in [0, 0.05) is 11.8 Å². The molecule has 1 N–H and O–H groups in total. The first-order chi connectivity index (χ1) is 12.4. The van der Waals surface area contributed by atoms with Gasteiger partial charge in [0.15, 0.2) is 17.5 Å². The molecule has 1 aliphatic rings. The minimum Gasteiger partial charge on any atom is -0.482 e. The molecule has 0 bridgehead atoms. The Labute approximate surface area is 154 Å². The highest BCUT2D eigenvalue weighted by Gasteiger charge is 2.33. The number of carbonyl (C=O) groups is 3. The number of hydrogen-bond donors (Lipinski definition) is 1. The molecule has 1 unspecified atom stereocenters. The van der Waals surface area contributed by atoms with Crippen molar-refractivity contribution in [2.24, 2.45) is 0 Å². The number of nitrogens with one attached hydrogen (secondary N) is 1. The molecule has 1 aliphatic heterocycles. The average Bonchev–Trinajstić information content (AvgIpc) is 2.62. The molecular formula is C18H16ClN3O4. The van der Waals surface area contributed by atoms with Crippen molar-refractivity contribution in [1.82, 2.24) is 4.98 Å². The molecule has 0 aliphatic carbocycles. The first-order valence-corrected chi connectivity index (χ1v) is 8.27. The van der Waals surface area contributed by atoms with Crippen molar-refractivity contribution in [2.45, 2.75) is 19.9 Å². The van der Waals surface area contributed by atoms with Crippen molar-refractivity contribution >= 4 is 40.6 Å². The highest BCUT2D eigenvalue weighted by Crippen LogP contribution is 2.34. The molecular weight excluding hydrogens is 358 g/mol. The van der Waals surface area contributed by atoms with Crippen LogP contribution in [0.4, 0.5) is 11.4 Å². The summed E-state index contributed by atoms with van der Waals surface area (Å²) in [4.78, 5) is 41.9. The van der Waals surface area contributed by atoms with E-state index >= 15 is 0 Å². The van der Waals surface area contributed by atoms with Gasteiger partial charge in [-0.05, 0) is 44.2 Å². The standard InChI is InChI=1S/C18H16ClN3O4/c1-10(18(25)21-13-4-3-7-20-17(13)19)22-14-8-12(11(2)23)5-6-15(14)26-9-16(22)24/h3-8,10H,9H2,1-2H3,(H,21,25). The predicted octanol–water partition coefficient (Wildman–Crippen LogP) is 2.69. The van der Waals surface area contributed by atoms with Crippen LogP contribution in [0.5, 0.6) is 5.75 Å². The number of nitrogens with zero attached hydrogens (tertiary/aromatic N) is 2. The second kappa shape index (κ2) is 7.13. The van der Waals surface area contributed by atoms with Gasteiger partial charge in [-0.1, -0.05) is 11.6 Å². The van der Waals surface area contributed by atoms with E-state index in [4.69, 9.17) is 16.3 Å². The van der Waals surface area contributed by atoms with E-state index in [1.807, 2.05) is 0 Å². The molecule has 0 saturated heterocycles. The van der Waals surface area contributed by atoms with Crippen LogP contribution in [-0.2, 0) is 9.59 Å². The highest BCUT2D eigenvalue weighted by molar-refractivity contribution is 6.32. The smallest absolute Gasteiger partial charge is 0.265 e. The van der Waals surface area contributed by atoms with Gasteiger partial charge in [0.1, 0.15) is 11.8 Å². The monoisotopic (exact) mass is 373 g/mol. The van der Waals surface area contributed by atoms with Crippen molar-refractivity contribution in [1.29, 1.82) is 0 Å². The largest absolute Gasteiger partial charge is 0.482 e. The van der Waals surface area contributed by atoms with Crippen molar-refractivity contribution in [3.63, 3.8) is 0 Å². The van der Waals surface area contributed by atoms with Gasteiger partial charge < -0.3 is 10.1 Å². The molecule has 1 aromatic heterocycles. The van der Waals surface area contributed by atoms with Crippen LogP contribution in [0.25, 0.3) is 0 Å². The molecule has 3 rings (SSSR count). The summed E-state index contributed by atoms with van der Waals surface area (Å²) in [6.45, 7) is 2.84. The maximum Gasteiger partial charge on any atom is 0.265 e. The number of carbonyl (C=O) groups excluding carboxylic acids is 3. The van der Waals surface area contributed by atoms with E-state index in [2.05, 4.69) is 10.3 Å². The van der Waals surface area contributed by atoms with E-state index in [1.54, 1.807) is 37.3 Å². The van der Waals surface area contributed by atoms with Crippen LogP contribution < -0.4 is 15.0 Å².